The van der Waals surface area contributed by atoms with Gasteiger partial charge in [0.2, 0.25) is 6.35 Å². The molecule has 1 unspecified atom stereocenters. The van der Waals surface area contributed by atoms with Crippen molar-refractivity contribution >= 4 is 19.6 Å². The van der Waals surface area contributed by atoms with Gasteiger partial charge in [-0.25, -0.2) is 0 Å². The van der Waals surface area contributed by atoms with E-state index in [-0.39, 0.29) is 6.35 Å². The molecule has 0 aliphatic carbocycles. The third kappa shape index (κ3) is 14.1. The van der Waals surface area contributed by atoms with Gasteiger partial charge in [-0.05, 0) is 24.5 Å². The Bertz CT molecular complexity index is 467. The smallest absolute Gasteiger partial charge is 0.337 e. The fourth-order valence-corrected chi connectivity index (χ4v) is 1.96. The Morgan fingerprint density at radius 2 is 1.43 bits per heavy atom. The lowest BCUT2D eigenvalue weighted by atomic mass is 10.2. The highest BCUT2D eigenvalue weighted by Crippen LogP contribution is 2.04. The molecule has 0 saturated heterocycles. The fourth-order valence-electron chi connectivity index (χ4n) is 1.45. The van der Waals surface area contributed by atoms with Crippen molar-refractivity contribution in [2.75, 3.05) is 13.0 Å². The molecule has 1 atom stereocenters. The van der Waals surface area contributed by atoms with Crippen LogP contribution in [0.25, 0.3) is 0 Å². The van der Waals surface area contributed by atoms with Crippen LogP contribution in [0.15, 0.2) is 60.7 Å². The van der Waals surface area contributed by atoms with Crippen molar-refractivity contribution in [1.29, 1.82) is 0 Å². The van der Waals surface area contributed by atoms with Crippen molar-refractivity contribution in [3.8, 4) is 0 Å². The summed E-state index contributed by atoms with van der Waals surface area (Å²) in [7, 11) is -2.33. The van der Waals surface area contributed by atoms with Gasteiger partial charge in [0.15, 0.2) is 0 Å². The normalized spacial score (nSPS) is 9.83. The highest BCUT2D eigenvalue weighted by molar-refractivity contribution is 7.36. The molecule has 0 aliphatic rings. The molecule has 0 saturated carbocycles. The van der Waals surface area contributed by atoms with Gasteiger partial charge in [0.05, 0.1) is 0 Å². The molecule has 23 heavy (non-hydrogen) atoms. The lowest BCUT2D eigenvalue weighted by Crippen LogP contribution is -1.95. The number of hydrogen-bond donors (Lipinski definition) is 0. The maximum absolute atomic E-state index is 9.67. The SMILES string of the molecule is CCOC[P+](=O)[O-].CCc1ccccc1.ClCc1ccccc1. The van der Waals surface area contributed by atoms with Crippen molar-refractivity contribution in [3.63, 3.8) is 0 Å². The van der Waals surface area contributed by atoms with Gasteiger partial charge in [0, 0.05) is 12.5 Å². The van der Waals surface area contributed by atoms with Gasteiger partial charge in [-0.1, -0.05) is 72.2 Å². The van der Waals surface area contributed by atoms with E-state index in [0.29, 0.717) is 12.5 Å². The predicted molar refractivity (Wildman–Crippen MR) is 95.9 cm³/mol. The maximum atomic E-state index is 9.67. The average molecular weight is 355 g/mol. The molecular weight excluding hydrogens is 331 g/mol. The van der Waals surface area contributed by atoms with E-state index in [0.717, 1.165) is 6.42 Å². The molecule has 126 valence electrons. The second-order valence-corrected chi connectivity index (χ2v) is 5.60. The van der Waals surface area contributed by atoms with Gasteiger partial charge in [-0.15, -0.1) is 11.6 Å². The third-order valence-electron chi connectivity index (χ3n) is 2.65. The predicted octanol–water partition coefficient (Wildman–Crippen LogP) is 4.76. The van der Waals surface area contributed by atoms with Crippen LogP contribution < -0.4 is 4.89 Å². The zero-order valence-electron chi connectivity index (χ0n) is 13.7. The molecule has 2 aromatic rings. The van der Waals surface area contributed by atoms with Gasteiger partial charge in [0.25, 0.3) is 0 Å². The Morgan fingerprint density at radius 1 is 0.957 bits per heavy atom. The molecule has 3 nitrogen and oxygen atoms in total. The lowest BCUT2D eigenvalue weighted by Gasteiger charge is -1.89. The van der Waals surface area contributed by atoms with E-state index in [1.54, 1.807) is 6.92 Å². The lowest BCUT2D eigenvalue weighted by molar-refractivity contribution is -0.168. The van der Waals surface area contributed by atoms with Gasteiger partial charge < -0.3 is 9.63 Å². The Balaban J connectivity index is 0.000000317. The maximum Gasteiger partial charge on any atom is 0.337 e. The second-order valence-electron chi connectivity index (χ2n) is 4.41. The van der Waals surface area contributed by atoms with E-state index >= 15 is 0 Å². The van der Waals surface area contributed by atoms with Crippen molar-refractivity contribution < 1.29 is 14.2 Å². The third-order valence-corrected chi connectivity index (χ3v) is 3.35. The van der Waals surface area contributed by atoms with Crippen molar-refractivity contribution in [3.05, 3.63) is 71.8 Å². The molecule has 0 amide bonds. The molecule has 2 rings (SSSR count). The van der Waals surface area contributed by atoms with Crippen LogP contribution in [0.2, 0.25) is 0 Å². The average Bonchev–Trinajstić information content (AvgIpc) is 2.62. The van der Waals surface area contributed by atoms with E-state index < -0.39 is 8.03 Å². The van der Waals surface area contributed by atoms with Crippen molar-refractivity contribution in [2.24, 2.45) is 0 Å². The van der Waals surface area contributed by atoms with Gasteiger partial charge in [-0.2, -0.15) is 0 Å². The zero-order chi connectivity index (χ0) is 17.3. The molecule has 0 fully saturated rings. The topological polar surface area (TPSA) is 49.4 Å². The molecule has 0 radical (unpaired) electrons. The molecule has 5 heteroatoms. The number of benzene rings is 2. The van der Waals surface area contributed by atoms with Crippen molar-refractivity contribution in [2.45, 2.75) is 26.1 Å². The Morgan fingerprint density at radius 3 is 1.65 bits per heavy atom. The standard InChI is InChI=1S/C8H10.C7H7Cl.C3H7O3P/c1-2-8-6-4-3-5-7-8;8-6-7-4-2-1-3-5-7;1-2-6-3-7(4)5/h3-7H,2H2,1H3;1-5H,6H2;2-3H2,1H3. The molecule has 0 spiro atoms. The molecule has 0 aromatic heterocycles. The van der Waals surface area contributed by atoms with Crippen LogP contribution in [-0.4, -0.2) is 13.0 Å². The summed E-state index contributed by atoms with van der Waals surface area (Å²) in [5.41, 5.74) is 2.58. The quantitative estimate of drug-likeness (QED) is 0.574. The highest BCUT2D eigenvalue weighted by atomic mass is 35.5. The highest BCUT2D eigenvalue weighted by Gasteiger charge is 1.94. The number of rotatable bonds is 5. The monoisotopic (exact) mass is 354 g/mol. The van der Waals surface area contributed by atoms with Crippen LogP contribution in [0.1, 0.15) is 25.0 Å². The molecular formula is C18H24ClO3P. The van der Waals surface area contributed by atoms with E-state index in [1.165, 1.54) is 11.1 Å². The van der Waals surface area contributed by atoms with Crippen LogP contribution in [0.4, 0.5) is 0 Å². The van der Waals surface area contributed by atoms with Gasteiger partial charge in [-0.3, -0.25) is 0 Å². The van der Waals surface area contributed by atoms with E-state index in [2.05, 4.69) is 35.9 Å². The molecule has 0 aliphatic heterocycles. The second kappa shape index (κ2) is 15.6. The number of hydrogen-bond acceptors (Lipinski definition) is 3. The number of alkyl halides is 1. The first-order valence-electron chi connectivity index (χ1n) is 7.47. The van der Waals surface area contributed by atoms with Crippen LogP contribution in [0.3, 0.4) is 0 Å². The zero-order valence-corrected chi connectivity index (χ0v) is 15.3. The van der Waals surface area contributed by atoms with E-state index in [1.807, 2.05) is 36.4 Å². The summed E-state index contributed by atoms with van der Waals surface area (Å²) in [6.45, 7) is 4.37. The fraction of sp³-hybridized carbons (Fsp3) is 0.333. The van der Waals surface area contributed by atoms with E-state index in [4.69, 9.17) is 11.6 Å². The van der Waals surface area contributed by atoms with Crippen LogP contribution in [0, 0.1) is 0 Å². The minimum absolute atomic E-state index is 0.147. The Hall–Kier alpha value is -1.25. The molecule has 0 bridgehead atoms. The minimum atomic E-state index is -2.33. The minimum Gasteiger partial charge on any atom is -0.594 e. The summed E-state index contributed by atoms with van der Waals surface area (Å²) in [5, 5.41) is 0. The first-order valence-corrected chi connectivity index (χ1v) is 9.37. The Labute approximate surface area is 145 Å². The molecule has 0 N–H and O–H groups in total. The summed E-state index contributed by atoms with van der Waals surface area (Å²) in [4.78, 5) is 9.67. The van der Waals surface area contributed by atoms with Gasteiger partial charge in [0.1, 0.15) is 0 Å². The summed E-state index contributed by atoms with van der Waals surface area (Å²) < 4.78 is 14.2. The molecule has 2 aromatic carbocycles. The number of aryl methyl sites for hydroxylation is 1. The summed E-state index contributed by atoms with van der Waals surface area (Å²) in [6, 6.07) is 20.4. The van der Waals surface area contributed by atoms with E-state index in [9.17, 15) is 9.46 Å². The number of halogens is 1. The van der Waals surface area contributed by atoms with Crippen LogP contribution >= 0.6 is 19.6 Å². The van der Waals surface area contributed by atoms with Gasteiger partial charge >= 0.3 is 8.03 Å². The van der Waals surface area contributed by atoms with Crippen molar-refractivity contribution in [1.82, 2.24) is 0 Å². The first-order chi connectivity index (χ1) is 11.1. The summed E-state index contributed by atoms with van der Waals surface area (Å²) >= 11 is 5.53. The Kier molecular flexibility index (Phi) is 14.8. The van der Waals surface area contributed by atoms with Crippen LogP contribution in [-0.2, 0) is 21.6 Å². The van der Waals surface area contributed by atoms with Crippen LogP contribution in [0.5, 0.6) is 0 Å². The largest absolute Gasteiger partial charge is 0.594 e. The number of ether oxygens (including phenoxy) is 1. The first kappa shape index (κ1) is 21.8. The summed E-state index contributed by atoms with van der Waals surface area (Å²) in [6.07, 6.45) is 0.993. The summed E-state index contributed by atoms with van der Waals surface area (Å²) in [5.74, 6) is 0.612. The molecule has 0 heterocycles.